The van der Waals surface area contributed by atoms with Gasteiger partial charge in [0.05, 0.1) is 5.69 Å². The molecule has 1 fully saturated rings. The summed E-state index contributed by atoms with van der Waals surface area (Å²) in [6.07, 6.45) is 6.19. The van der Waals surface area contributed by atoms with Gasteiger partial charge in [0.1, 0.15) is 0 Å². The predicted molar refractivity (Wildman–Crippen MR) is 68.0 cm³/mol. The number of thiazole rings is 1. The summed E-state index contributed by atoms with van der Waals surface area (Å²) in [5.74, 6) is 0. The number of anilines is 1. The van der Waals surface area contributed by atoms with Crippen molar-refractivity contribution in [3.63, 3.8) is 0 Å². The van der Waals surface area contributed by atoms with Crippen molar-refractivity contribution in [2.45, 2.75) is 51.1 Å². The molecule has 2 N–H and O–H groups in total. The lowest BCUT2D eigenvalue weighted by Crippen LogP contribution is -2.25. The smallest absolute Gasteiger partial charge is 0.186 e. The lowest BCUT2D eigenvalue weighted by molar-refractivity contribution is 0.563. The molecule has 3 nitrogen and oxygen atoms in total. The van der Waals surface area contributed by atoms with Gasteiger partial charge < -0.3 is 10.6 Å². The van der Waals surface area contributed by atoms with E-state index < -0.39 is 0 Å². The van der Waals surface area contributed by atoms with E-state index in [-0.39, 0.29) is 6.04 Å². The van der Waals surface area contributed by atoms with Gasteiger partial charge in [0.15, 0.2) is 5.13 Å². The van der Waals surface area contributed by atoms with Crippen molar-refractivity contribution in [2.24, 2.45) is 5.73 Å². The summed E-state index contributed by atoms with van der Waals surface area (Å²) in [5, 5.41) is 1.22. The fourth-order valence-electron chi connectivity index (χ4n) is 2.50. The maximum Gasteiger partial charge on any atom is 0.186 e. The first-order valence-corrected chi connectivity index (χ1v) is 7.13. The van der Waals surface area contributed by atoms with Crippen LogP contribution in [0.15, 0.2) is 0 Å². The molecule has 4 heteroatoms. The first-order chi connectivity index (χ1) is 7.79. The highest BCUT2D eigenvalue weighted by Crippen LogP contribution is 2.39. The number of hydrogen-bond donors (Lipinski definition) is 1. The standard InChI is InChI=1S/C12H19N3S/c1-2-15(8-6-7-8)12-14-11-9(13)4-3-5-10(11)16-12/h8-9H,2-7,13H2,1H3. The van der Waals surface area contributed by atoms with Gasteiger partial charge >= 0.3 is 0 Å². The molecule has 1 heterocycles. The summed E-state index contributed by atoms with van der Waals surface area (Å²) >= 11 is 1.87. The van der Waals surface area contributed by atoms with Crippen LogP contribution in [0.25, 0.3) is 0 Å². The van der Waals surface area contributed by atoms with Crippen LogP contribution in [-0.4, -0.2) is 17.6 Å². The third-order valence-corrected chi connectivity index (χ3v) is 4.73. The molecular formula is C12H19N3S. The second-order valence-electron chi connectivity index (χ2n) is 4.82. The van der Waals surface area contributed by atoms with Gasteiger partial charge in [0, 0.05) is 23.5 Å². The van der Waals surface area contributed by atoms with Gasteiger partial charge in [0.25, 0.3) is 0 Å². The van der Waals surface area contributed by atoms with E-state index in [0.29, 0.717) is 0 Å². The molecule has 0 saturated heterocycles. The number of rotatable bonds is 3. The summed E-state index contributed by atoms with van der Waals surface area (Å²) in [5.41, 5.74) is 7.30. The maximum atomic E-state index is 6.12. The van der Waals surface area contributed by atoms with Crippen LogP contribution in [0.1, 0.15) is 49.2 Å². The fourth-order valence-corrected chi connectivity index (χ4v) is 3.81. The third kappa shape index (κ3) is 1.74. The van der Waals surface area contributed by atoms with Crippen molar-refractivity contribution in [2.75, 3.05) is 11.4 Å². The lowest BCUT2D eigenvalue weighted by Gasteiger charge is -2.18. The van der Waals surface area contributed by atoms with Crippen molar-refractivity contribution in [1.82, 2.24) is 4.98 Å². The molecule has 0 bridgehead atoms. The zero-order valence-corrected chi connectivity index (χ0v) is 10.6. The van der Waals surface area contributed by atoms with Crippen molar-refractivity contribution < 1.29 is 0 Å². The van der Waals surface area contributed by atoms with Gasteiger partial charge in [-0.15, -0.1) is 11.3 Å². The maximum absolute atomic E-state index is 6.12. The Morgan fingerprint density at radius 3 is 2.88 bits per heavy atom. The number of hydrogen-bond acceptors (Lipinski definition) is 4. The van der Waals surface area contributed by atoms with Gasteiger partial charge in [-0.1, -0.05) is 0 Å². The molecular weight excluding hydrogens is 218 g/mol. The normalized spacial score (nSPS) is 24.2. The highest BCUT2D eigenvalue weighted by atomic mass is 32.1. The largest absolute Gasteiger partial charge is 0.345 e. The number of nitrogens with zero attached hydrogens (tertiary/aromatic N) is 2. The zero-order valence-electron chi connectivity index (χ0n) is 9.78. The Bertz CT molecular complexity index is 384. The zero-order chi connectivity index (χ0) is 11.1. The summed E-state index contributed by atoms with van der Waals surface area (Å²) in [4.78, 5) is 8.68. The summed E-state index contributed by atoms with van der Waals surface area (Å²) < 4.78 is 0. The molecule has 0 radical (unpaired) electrons. The second-order valence-corrected chi connectivity index (χ2v) is 5.88. The van der Waals surface area contributed by atoms with E-state index in [1.807, 2.05) is 11.3 Å². The molecule has 0 aliphatic heterocycles. The molecule has 16 heavy (non-hydrogen) atoms. The van der Waals surface area contributed by atoms with Crippen molar-refractivity contribution in [1.29, 1.82) is 0 Å². The molecule has 2 aliphatic carbocycles. The minimum atomic E-state index is 0.187. The van der Waals surface area contributed by atoms with Crippen LogP contribution in [0.4, 0.5) is 5.13 Å². The van der Waals surface area contributed by atoms with E-state index in [1.165, 1.54) is 41.4 Å². The van der Waals surface area contributed by atoms with Crippen molar-refractivity contribution >= 4 is 16.5 Å². The Balaban J connectivity index is 1.90. The SMILES string of the molecule is CCN(c1nc2c(s1)CCCC2N)C1CC1. The molecule has 0 amide bonds. The topological polar surface area (TPSA) is 42.2 Å². The van der Waals surface area contributed by atoms with E-state index >= 15 is 0 Å². The molecule has 0 spiro atoms. The number of fused-ring (bicyclic) bond motifs is 1. The van der Waals surface area contributed by atoms with Crippen LogP contribution in [0, 0.1) is 0 Å². The number of aryl methyl sites for hydroxylation is 1. The van der Waals surface area contributed by atoms with E-state index in [9.17, 15) is 0 Å². The average Bonchev–Trinajstić information content (AvgIpc) is 2.99. The molecule has 3 rings (SSSR count). The Labute approximate surface area is 101 Å². The molecule has 1 unspecified atom stereocenters. The number of nitrogens with two attached hydrogens (primary N) is 1. The summed E-state index contributed by atoms with van der Waals surface area (Å²) in [7, 11) is 0. The highest BCUT2D eigenvalue weighted by molar-refractivity contribution is 7.15. The van der Waals surface area contributed by atoms with E-state index in [2.05, 4.69) is 11.8 Å². The first kappa shape index (κ1) is 10.5. The monoisotopic (exact) mass is 237 g/mol. The van der Waals surface area contributed by atoms with E-state index in [4.69, 9.17) is 10.7 Å². The molecule has 1 aromatic rings. The highest BCUT2D eigenvalue weighted by Gasteiger charge is 2.31. The minimum absolute atomic E-state index is 0.187. The number of aromatic nitrogens is 1. The van der Waals surface area contributed by atoms with Crippen molar-refractivity contribution in [3.05, 3.63) is 10.6 Å². The van der Waals surface area contributed by atoms with Gasteiger partial charge in [-0.25, -0.2) is 4.98 Å². The Morgan fingerprint density at radius 1 is 1.44 bits per heavy atom. The van der Waals surface area contributed by atoms with Gasteiger partial charge in [-0.3, -0.25) is 0 Å². The van der Waals surface area contributed by atoms with Gasteiger partial charge in [-0.2, -0.15) is 0 Å². The first-order valence-electron chi connectivity index (χ1n) is 6.31. The predicted octanol–water partition coefficient (Wildman–Crippen LogP) is 2.47. The Morgan fingerprint density at radius 2 is 2.25 bits per heavy atom. The van der Waals surface area contributed by atoms with E-state index in [1.54, 1.807) is 0 Å². The fraction of sp³-hybridized carbons (Fsp3) is 0.750. The van der Waals surface area contributed by atoms with Gasteiger partial charge in [0.2, 0.25) is 0 Å². The minimum Gasteiger partial charge on any atom is -0.345 e. The summed E-state index contributed by atoms with van der Waals surface area (Å²) in [6, 6.07) is 0.945. The molecule has 0 aromatic carbocycles. The van der Waals surface area contributed by atoms with Crippen LogP contribution in [0.3, 0.4) is 0 Å². The molecule has 88 valence electrons. The lowest BCUT2D eigenvalue weighted by atomic mass is 9.99. The Hall–Kier alpha value is -0.610. The molecule has 1 saturated carbocycles. The van der Waals surface area contributed by atoms with Crippen LogP contribution >= 0.6 is 11.3 Å². The van der Waals surface area contributed by atoms with Crippen LogP contribution in [0.5, 0.6) is 0 Å². The Kier molecular flexibility index (Phi) is 2.64. The molecule has 2 aliphatic rings. The quantitative estimate of drug-likeness (QED) is 0.878. The second kappa shape index (κ2) is 4.00. The van der Waals surface area contributed by atoms with Crippen LogP contribution < -0.4 is 10.6 Å². The molecule has 1 aromatic heterocycles. The van der Waals surface area contributed by atoms with E-state index in [0.717, 1.165) is 19.0 Å². The average molecular weight is 237 g/mol. The summed E-state index contributed by atoms with van der Waals surface area (Å²) in [6.45, 7) is 3.30. The third-order valence-electron chi connectivity index (χ3n) is 3.56. The van der Waals surface area contributed by atoms with Crippen LogP contribution in [-0.2, 0) is 6.42 Å². The molecule has 1 atom stereocenters. The van der Waals surface area contributed by atoms with Crippen LogP contribution in [0.2, 0.25) is 0 Å². The van der Waals surface area contributed by atoms with Crippen molar-refractivity contribution in [3.8, 4) is 0 Å². The van der Waals surface area contributed by atoms with Gasteiger partial charge in [-0.05, 0) is 39.0 Å².